The topological polar surface area (TPSA) is 116 Å². The Morgan fingerprint density at radius 2 is 2.04 bits per heavy atom. The van der Waals surface area contributed by atoms with Gasteiger partial charge in [0, 0.05) is 5.69 Å². The second kappa shape index (κ2) is 8.09. The van der Waals surface area contributed by atoms with E-state index in [0.29, 0.717) is 16.7 Å². The van der Waals surface area contributed by atoms with Crippen molar-refractivity contribution in [3.8, 4) is 11.6 Å². The first-order chi connectivity index (χ1) is 13.0. The lowest BCUT2D eigenvalue weighted by atomic mass is 10.1. The van der Waals surface area contributed by atoms with E-state index in [1.54, 1.807) is 12.1 Å². The summed E-state index contributed by atoms with van der Waals surface area (Å²) in [4.78, 5) is 23.7. The van der Waals surface area contributed by atoms with Crippen LogP contribution in [-0.4, -0.2) is 32.3 Å². The molecule has 0 radical (unpaired) electrons. The van der Waals surface area contributed by atoms with Crippen LogP contribution in [0.15, 0.2) is 46.2 Å². The van der Waals surface area contributed by atoms with Gasteiger partial charge in [0.15, 0.2) is 10.9 Å². The summed E-state index contributed by atoms with van der Waals surface area (Å²) >= 11 is 1.17. The Balaban J connectivity index is 1.73. The monoisotopic (exact) mass is 385 g/mol. The van der Waals surface area contributed by atoms with E-state index in [1.807, 2.05) is 32.0 Å². The minimum absolute atomic E-state index is 0.107. The number of nitrogens with one attached hydrogen (secondary N) is 1. The summed E-state index contributed by atoms with van der Waals surface area (Å²) < 4.78 is 6.86. The number of primary amides is 1. The lowest BCUT2D eigenvalue weighted by molar-refractivity contribution is -0.118. The summed E-state index contributed by atoms with van der Waals surface area (Å²) in [6.07, 6.45) is 1.50. The Kier molecular flexibility index (Phi) is 5.60. The molecule has 3 rings (SSSR count). The van der Waals surface area contributed by atoms with Gasteiger partial charge in [0.25, 0.3) is 0 Å². The average Bonchev–Trinajstić information content (AvgIpc) is 3.26. The molecule has 0 atom stereocenters. The van der Waals surface area contributed by atoms with E-state index >= 15 is 0 Å². The molecule has 0 aliphatic carbocycles. The van der Waals surface area contributed by atoms with Crippen LogP contribution in [0.4, 0.5) is 5.69 Å². The molecule has 3 aromatic rings. The SMILES string of the molecule is Cc1cccc(NC(=O)CSc2nnc(-c3ccco3)n2CC(N)=O)c1C. The van der Waals surface area contributed by atoms with Crippen LogP contribution in [0.25, 0.3) is 11.6 Å². The molecule has 0 aliphatic rings. The van der Waals surface area contributed by atoms with Gasteiger partial charge in [0.1, 0.15) is 6.54 Å². The quantitative estimate of drug-likeness (QED) is 0.603. The van der Waals surface area contributed by atoms with Crippen LogP contribution in [0, 0.1) is 13.8 Å². The summed E-state index contributed by atoms with van der Waals surface area (Å²) in [5.74, 6) is 0.250. The Morgan fingerprint density at radius 1 is 1.22 bits per heavy atom. The average molecular weight is 385 g/mol. The fourth-order valence-corrected chi connectivity index (χ4v) is 3.22. The number of thioether (sulfide) groups is 1. The van der Waals surface area contributed by atoms with Gasteiger partial charge in [0.2, 0.25) is 17.6 Å². The molecule has 0 saturated heterocycles. The number of rotatable bonds is 7. The number of anilines is 1. The first-order valence-corrected chi connectivity index (χ1v) is 9.18. The Bertz CT molecular complexity index is 966. The van der Waals surface area contributed by atoms with Gasteiger partial charge in [-0.05, 0) is 43.2 Å². The van der Waals surface area contributed by atoms with Crippen LogP contribution in [-0.2, 0) is 16.1 Å². The molecule has 2 aromatic heterocycles. The number of furan rings is 1. The number of nitrogens with zero attached hydrogens (tertiary/aromatic N) is 3. The third-order valence-electron chi connectivity index (χ3n) is 3.98. The van der Waals surface area contributed by atoms with Crippen molar-refractivity contribution in [3.05, 3.63) is 47.7 Å². The molecule has 27 heavy (non-hydrogen) atoms. The smallest absolute Gasteiger partial charge is 0.237 e. The lowest BCUT2D eigenvalue weighted by Gasteiger charge is -2.10. The maximum atomic E-state index is 12.3. The minimum atomic E-state index is -0.538. The molecule has 0 bridgehead atoms. The predicted octanol–water partition coefficient (Wildman–Crippen LogP) is 2.37. The van der Waals surface area contributed by atoms with Crippen molar-refractivity contribution < 1.29 is 14.0 Å². The van der Waals surface area contributed by atoms with Gasteiger partial charge < -0.3 is 15.5 Å². The molecule has 1 aromatic carbocycles. The van der Waals surface area contributed by atoms with Crippen molar-refractivity contribution in [2.24, 2.45) is 5.73 Å². The fourth-order valence-electron chi connectivity index (χ4n) is 2.48. The Morgan fingerprint density at radius 3 is 2.74 bits per heavy atom. The van der Waals surface area contributed by atoms with Gasteiger partial charge in [-0.2, -0.15) is 0 Å². The first-order valence-electron chi connectivity index (χ1n) is 8.20. The number of nitrogens with two attached hydrogens (primary N) is 1. The van der Waals surface area contributed by atoms with Gasteiger partial charge in [-0.15, -0.1) is 10.2 Å². The van der Waals surface area contributed by atoms with E-state index in [1.165, 1.54) is 22.6 Å². The molecule has 0 saturated carbocycles. The maximum Gasteiger partial charge on any atom is 0.237 e. The van der Waals surface area contributed by atoms with Crippen LogP contribution >= 0.6 is 11.8 Å². The van der Waals surface area contributed by atoms with Gasteiger partial charge in [-0.3, -0.25) is 14.2 Å². The second-order valence-corrected chi connectivity index (χ2v) is 6.86. The zero-order chi connectivity index (χ0) is 19.4. The molecule has 0 fully saturated rings. The molecule has 8 nitrogen and oxygen atoms in total. The number of amides is 2. The van der Waals surface area contributed by atoms with Crippen LogP contribution in [0.3, 0.4) is 0 Å². The van der Waals surface area contributed by atoms with Crippen molar-refractivity contribution in [2.45, 2.75) is 25.5 Å². The van der Waals surface area contributed by atoms with Crippen LogP contribution < -0.4 is 11.1 Å². The second-order valence-electron chi connectivity index (χ2n) is 5.92. The summed E-state index contributed by atoms with van der Waals surface area (Å²) in [5.41, 5.74) is 8.23. The normalized spacial score (nSPS) is 10.7. The highest BCUT2D eigenvalue weighted by Gasteiger charge is 2.19. The highest BCUT2D eigenvalue weighted by atomic mass is 32.2. The maximum absolute atomic E-state index is 12.3. The first kappa shape index (κ1) is 18.7. The molecule has 0 spiro atoms. The Labute approximate surface area is 160 Å². The number of hydrogen-bond acceptors (Lipinski definition) is 6. The Hall–Kier alpha value is -3.07. The number of carbonyl (C=O) groups is 2. The minimum Gasteiger partial charge on any atom is -0.461 e. The number of benzene rings is 1. The van der Waals surface area contributed by atoms with Crippen LogP contribution in [0.1, 0.15) is 11.1 Å². The van der Waals surface area contributed by atoms with E-state index in [4.69, 9.17) is 10.2 Å². The van der Waals surface area contributed by atoms with E-state index in [-0.39, 0.29) is 18.2 Å². The fraction of sp³-hybridized carbons (Fsp3) is 0.222. The molecule has 3 N–H and O–H groups in total. The highest BCUT2D eigenvalue weighted by molar-refractivity contribution is 7.99. The highest BCUT2D eigenvalue weighted by Crippen LogP contribution is 2.25. The zero-order valence-electron chi connectivity index (χ0n) is 14.9. The van der Waals surface area contributed by atoms with Crippen molar-refractivity contribution in [2.75, 3.05) is 11.1 Å². The number of aryl methyl sites for hydroxylation is 1. The third-order valence-corrected chi connectivity index (χ3v) is 4.95. The van der Waals surface area contributed by atoms with Gasteiger partial charge in [-0.1, -0.05) is 23.9 Å². The summed E-state index contributed by atoms with van der Waals surface area (Å²) in [6, 6.07) is 9.16. The summed E-state index contributed by atoms with van der Waals surface area (Å²) in [5, 5.41) is 11.4. The molecule has 140 valence electrons. The summed E-state index contributed by atoms with van der Waals surface area (Å²) in [7, 11) is 0. The standard InChI is InChI=1S/C18H19N5O3S/c1-11-5-3-6-13(12(11)2)20-16(25)10-27-18-22-21-17(14-7-4-8-26-14)23(18)9-15(19)24/h3-8H,9-10H2,1-2H3,(H2,19,24)(H,20,25). The number of aromatic nitrogens is 3. The largest absolute Gasteiger partial charge is 0.461 e. The van der Waals surface area contributed by atoms with Crippen molar-refractivity contribution >= 4 is 29.3 Å². The third kappa shape index (κ3) is 4.37. The molecule has 2 amide bonds. The van der Waals surface area contributed by atoms with E-state index in [9.17, 15) is 9.59 Å². The lowest BCUT2D eigenvalue weighted by Crippen LogP contribution is -2.20. The summed E-state index contributed by atoms with van der Waals surface area (Å²) in [6.45, 7) is 3.84. The number of hydrogen-bond donors (Lipinski definition) is 2. The van der Waals surface area contributed by atoms with Crippen LogP contribution in [0.5, 0.6) is 0 Å². The van der Waals surface area contributed by atoms with E-state index in [0.717, 1.165) is 16.8 Å². The molecule has 2 heterocycles. The van der Waals surface area contributed by atoms with Gasteiger partial charge in [-0.25, -0.2) is 0 Å². The van der Waals surface area contributed by atoms with Crippen molar-refractivity contribution in [3.63, 3.8) is 0 Å². The molecular weight excluding hydrogens is 366 g/mol. The molecule has 0 unspecified atom stereocenters. The van der Waals surface area contributed by atoms with E-state index in [2.05, 4.69) is 15.5 Å². The zero-order valence-corrected chi connectivity index (χ0v) is 15.7. The van der Waals surface area contributed by atoms with Gasteiger partial charge in [0.05, 0.1) is 12.0 Å². The molecule has 0 aliphatic heterocycles. The molecular formula is C18H19N5O3S. The van der Waals surface area contributed by atoms with E-state index < -0.39 is 5.91 Å². The number of carbonyl (C=O) groups excluding carboxylic acids is 2. The predicted molar refractivity (Wildman–Crippen MR) is 102 cm³/mol. The van der Waals surface area contributed by atoms with Crippen molar-refractivity contribution in [1.29, 1.82) is 0 Å². The van der Waals surface area contributed by atoms with Crippen LogP contribution in [0.2, 0.25) is 0 Å². The molecule has 9 heteroatoms. The van der Waals surface area contributed by atoms with Crippen molar-refractivity contribution in [1.82, 2.24) is 14.8 Å². The van der Waals surface area contributed by atoms with Gasteiger partial charge >= 0.3 is 0 Å².